The number of hydrogen-bond donors (Lipinski definition) is 2. The second-order valence-corrected chi connectivity index (χ2v) is 8.71. The molecule has 7 nitrogen and oxygen atoms in total. The van der Waals surface area contributed by atoms with Crippen LogP contribution in [0.4, 0.5) is 0 Å². The minimum atomic E-state index is -1.59. The van der Waals surface area contributed by atoms with Crippen molar-refractivity contribution in [3.05, 3.63) is 0 Å². The molecule has 0 aliphatic carbocycles. The summed E-state index contributed by atoms with van der Waals surface area (Å²) in [6, 6.07) is 0. The van der Waals surface area contributed by atoms with E-state index in [0.717, 1.165) is 18.6 Å². The van der Waals surface area contributed by atoms with E-state index in [1.54, 1.807) is 14.0 Å². The Morgan fingerprint density at radius 3 is 2.46 bits per heavy atom. The third-order valence-corrected chi connectivity index (χ3v) is 5.40. The van der Waals surface area contributed by atoms with Gasteiger partial charge in [-0.2, -0.15) is 10.2 Å². The fraction of sp³-hybridized carbons (Fsp3) is 0.857. The van der Waals surface area contributed by atoms with E-state index in [2.05, 4.69) is 17.1 Å². The summed E-state index contributed by atoms with van der Waals surface area (Å²) in [5.41, 5.74) is -0.0858. The topological polar surface area (TPSA) is 101 Å². The molecule has 28 heavy (non-hydrogen) atoms. The number of hydrogen-bond acceptors (Lipinski definition) is 7. The summed E-state index contributed by atoms with van der Waals surface area (Å²) in [7, 11) is 1.69. The van der Waals surface area contributed by atoms with Gasteiger partial charge in [-0.25, -0.2) is 0 Å². The second kappa shape index (κ2) is 11.0. The van der Waals surface area contributed by atoms with Gasteiger partial charge in [0.1, 0.15) is 12.2 Å². The van der Waals surface area contributed by atoms with Gasteiger partial charge in [0.2, 0.25) is 0 Å². The summed E-state index contributed by atoms with van der Waals surface area (Å²) in [5.74, 6) is -0.805. The Morgan fingerprint density at radius 2 is 1.89 bits per heavy atom. The minimum Gasteiger partial charge on any atom is -0.462 e. The van der Waals surface area contributed by atoms with E-state index < -0.39 is 17.6 Å². The van der Waals surface area contributed by atoms with Crippen molar-refractivity contribution < 1.29 is 24.5 Å². The van der Waals surface area contributed by atoms with Gasteiger partial charge in [-0.05, 0) is 52.4 Å². The maximum atomic E-state index is 12.3. The molecular formula is C21H38N2O5. The molecule has 1 aliphatic rings. The Kier molecular flexibility index (Phi) is 9.74. The third kappa shape index (κ3) is 7.60. The van der Waals surface area contributed by atoms with E-state index in [9.17, 15) is 15.0 Å². The molecule has 0 radical (unpaired) electrons. The molecule has 1 aliphatic heterocycles. The number of carbonyl (C=O) groups is 1. The van der Waals surface area contributed by atoms with Crippen LogP contribution in [0, 0.1) is 17.8 Å². The number of aliphatic hydroxyl groups is 2. The summed E-state index contributed by atoms with van der Waals surface area (Å²) in [4.78, 5) is 12.3. The first-order valence-electron chi connectivity index (χ1n) is 10.1. The monoisotopic (exact) mass is 398 g/mol. The van der Waals surface area contributed by atoms with Crippen molar-refractivity contribution in [2.24, 2.45) is 28.0 Å². The van der Waals surface area contributed by atoms with Crippen LogP contribution in [-0.2, 0) is 14.3 Å². The lowest BCUT2D eigenvalue weighted by molar-refractivity contribution is -0.164. The van der Waals surface area contributed by atoms with E-state index in [4.69, 9.17) is 9.47 Å². The van der Waals surface area contributed by atoms with Gasteiger partial charge in [0.15, 0.2) is 0 Å². The van der Waals surface area contributed by atoms with Crippen LogP contribution < -0.4 is 0 Å². The molecule has 162 valence electrons. The van der Waals surface area contributed by atoms with Crippen LogP contribution in [0.15, 0.2) is 10.2 Å². The number of carbonyl (C=O) groups excluding carboxylic acids is 1. The zero-order valence-electron chi connectivity index (χ0n) is 18.4. The van der Waals surface area contributed by atoms with E-state index >= 15 is 0 Å². The maximum absolute atomic E-state index is 12.3. The predicted octanol–water partition coefficient (Wildman–Crippen LogP) is 2.98. The smallest absolute Gasteiger partial charge is 0.308 e. The molecular weight excluding hydrogens is 360 g/mol. The first-order valence-corrected chi connectivity index (χ1v) is 10.1. The van der Waals surface area contributed by atoms with Crippen molar-refractivity contribution in [2.45, 2.75) is 85.0 Å². The van der Waals surface area contributed by atoms with E-state index in [-0.39, 0.29) is 30.5 Å². The van der Waals surface area contributed by atoms with Gasteiger partial charge >= 0.3 is 5.97 Å². The van der Waals surface area contributed by atoms with Crippen LogP contribution in [0.25, 0.3) is 0 Å². The van der Waals surface area contributed by atoms with Crippen molar-refractivity contribution in [3.8, 4) is 0 Å². The normalized spacial score (nSPS) is 37.8. The number of rotatable bonds is 2. The van der Waals surface area contributed by atoms with Gasteiger partial charge in [0, 0.05) is 24.5 Å². The fourth-order valence-electron chi connectivity index (χ4n) is 3.58. The quantitative estimate of drug-likeness (QED) is 0.423. The minimum absolute atomic E-state index is 0.0166. The summed E-state index contributed by atoms with van der Waals surface area (Å²) >= 11 is 0. The molecule has 0 bridgehead atoms. The number of esters is 1. The summed E-state index contributed by atoms with van der Waals surface area (Å²) < 4.78 is 11.0. The molecule has 0 aromatic heterocycles. The van der Waals surface area contributed by atoms with Gasteiger partial charge in [-0.1, -0.05) is 20.8 Å². The lowest BCUT2D eigenvalue weighted by atomic mass is 9.84. The first kappa shape index (κ1) is 24.7. The molecule has 0 saturated carbocycles. The number of aliphatic hydroxyl groups excluding tert-OH is 1. The Balaban J connectivity index is 3.18. The highest BCUT2D eigenvalue weighted by atomic mass is 16.5. The Labute approximate surface area is 169 Å². The van der Waals surface area contributed by atoms with Crippen LogP contribution in [0.5, 0.6) is 0 Å². The largest absolute Gasteiger partial charge is 0.462 e. The van der Waals surface area contributed by atoms with Gasteiger partial charge < -0.3 is 19.7 Å². The Bertz CT molecular complexity index is 569. The van der Waals surface area contributed by atoms with Crippen molar-refractivity contribution in [2.75, 3.05) is 13.7 Å². The lowest BCUT2D eigenvalue weighted by Gasteiger charge is -2.34. The molecule has 6 atom stereocenters. The predicted molar refractivity (Wildman–Crippen MR) is 111 cm³/mol. The van der Waals surface area contributed by atoms with Gasteiger partial charge in [-0.3, -0.25) is 4.79 Å². The third-order valence-electron chi connectivity index (χ3n) is 5.40. The molecule has 1 fully saturated rings. The van der Waals surface area contributed by atoms with Crippen LogP contribution >= 0.6 is 0 Å². The van der Waals surface area contributed by atoms with E-state index in [1.807, 2.05) is 20.8 Å². The van der Waals surface area contributed by atoms with Crippen LogP contribution in [-0.4, -0.2) is 59.1 Å². The molecule has 0 spiro atoms. The Hall–Kier alpha value is -1.31. The van der Waals surface area contributed by atoms with Crippen LogP contribution in [0.2, 0.25) is 0 Å². The standard InChI is InChI=1S/C21H38N2O5/c1-13(2)22-23-18-9-8-17(27-7)11-14(3)10-15(4)20(25)28-12-21(6,26)19(24)16(18)5/h14-17,19,24,26H,8-12H2,1-7H3/b23-18+/t14-,15?,16?,17?,19?,21?/m0/s1. The maximum Gasteiger partial charge on any atom is 0.308 e. The highest BCUT2D eigenvalue weighted by Gasteiger charge is 2.38. The summed E-state index contributed by atoms with van der Waals surface area (Å²) in [6.45, 7) is 10.7. The molecule has 5 unspecified atom stereocenters. The number of ether oxygens (including phenoxy) is 2. The molecule has 1 heterocycles. The molecule has 7 heteroatoms. The highest BCUT2D eigenvalue weighted by Crippen LogP contribution is 2.26. The van der Waals surface area contributed by atoms with Gasteiger partial charge in [0.25, 0.3) is 0 Å². The van der Waals surface area contributed by atoms with Gasteiger partial charge in [0.05, 0.1) is 18.1 Å². The highest BCUT2D eigenvalue weighted by molar-refractivity contribution is 5.88. The summed E-state index contributed by atoms with van der Waals surface area (Å²) in [5, 5.41) is 30.0. The molecule has 2 N–H and O–H groups in total. The van der Waals surface area contributed by atoms with E-state index in [1.165, 1.54) is 6.92 Å². The SMILES string of the molecule is COC1CC/C(=N\N=C(C)C)C(C)C(O)C(C)(O)COC(=O)C(C)C[C@H](C)C1. The second-order valence-electron chi connectivity index (χ2n) is 8.71. The molecule has 0 amide bonds. The zero-order chi connectivity index (χ0) is 21.5. The zero-order valence-corrected chi connectivity index (χ0v) is 18.4. The Morgan fingerprint density at radius 1 is 1.25 bits per heavy atom. The fourth-order valence-corrected chi connectivity index (χ4v) is 3.58. The average Bonchev–Trinajstić information content (AvgIpc) is 2.62. The average molecular weight is 399 g/mol. The van der Waals surface area contributed by atoms with E-state index in [0.29, 0.717) is 18.6 Å². The lowest BCUT2D eigenvalue weighted by Crippen LogP contribution is -2.49. The van der Waals surface area contributed by atoms with Crippen molar-refractivity contribution in [1.82, 2.24) is 0 Å². The van der Waals surface area contributed by atoms with Crippen molar-refractivity contribution >= 4 is 17.4 Å². The summed E-state index contributed by atoms with van der Waals surface area (Å²) in [6.07, 6.45) is 1.71. The van der Waals surface area contributed by atoms with Crippen LogP contribution in [0.1, 0.15) is 67.2 Å². The number of cyclic esters (lactones) is 1. The molecule has 0 aromatic rings. The van der Waals surface area contributed by atoms with Gasteiger partial charge in [-0.15, -0.1) is 0 Å². The molecule has 0 aromatic carbocycles. The number of nitrogens with zero attached hydrogens (tertiary/aromatic N) is 2. The van der Waals surface area contributed by atoms with Crippen molar-refractivity contribution in [3.63, 3.8) is 0 Å². The van der Waals surface area contributed by atoms with Crippen molar-refractivity contribution in [1.29, 1.82) is 0 Å². The number of methoxy groups -OCH3 is 1. The van der Waals surface area contributed by atoms with Crippen LogP contribution in [0.3, 0.4) is 0 Å². The first-order chi connectivity index (χ1) is 13.0. The molecule has 1 rings (SSSR count). The molecule has 1 saturated heterocycles.